The molecule has 1 aliphatic heterocycles. The second-order valence-corrected chi connectivity index (χ2v) is 6.53. The Kier molecular flexibility index (Phi) is 3.64. The molecule has 2 aliphatic rings. The number of carbonyl (C=O) groups excluding carboxylic acids is 3. The number of carbonyl (C=O) groups is 3. The van der Waals surface area contributed by atoms with Crippen molar-refractivity contribution in [3.63, 3.8) is 0 Å². The van der Waals surface area contributed by atoms with Gasteiger partial charge in [0.05, 0.1) is 6.54 Å². The van der Waals surface area contributed by atoms with Gasteiger partial charge in [-0.2, -0.15) is 0 Å². The molecule has 25 heavy (non-hydrogen) atoms. The average molecular weight is 334 g/mol. The topological polar surface area (TPSA) is 66.5 Å². The van der Waals surface area contributed by atoms with Gasteiger partial charge in [0.1, 0.15) is 5.54 Å². The fourth-order valence-corrected chi connectivity index (χ4v) is 3.81. The number of urea groups is 1. The van der Waals surface area contributed by atoms with Crippen molar-refractivity contribution in [1.82, 2.24) is 10.2 Å². The first-order chi connectivity index (χ1) is 12.1. The predicted octanol–water partition coefficient (Wildman–Crippen LogP) is 2.65. The summed E-state index contributed by atoms with van der Waals surface area (Å²) < 4.78 is 0. The van der Waals surface area contributed by atoms with Gasteiger partial charge in [-0.15, -0.1) is 0 Å². The van der Waals surface area contributed by atoms with E-state index in [9.17, 15) is 14.4 Å². The van der Waals surface area contributed by atoms with Crippen molar-refractivity contribution in [3.8, 4) is 0 Å². The number of imide groups is 1. The van der Waals surface area contributed by atoms with Gasteiger partial charge in [0.2, 0.25) is 0 Å². The van der Waals surface area contributed by atoms with Crippen LogP contribution in [0.4, 0.5) is 4.79 Å². The molecular weight excluding hydrogens is 316 g/mol. The Labute approximate surface area is 145 Å². The number of benzene rings is 2. The van der Waals surface area contributed by atoms with E-state index in [-0.39, 0.29) is 18.2 Å². The summed E-state index contributed by atoms with van der Waals surface area (Å²) in [7, 11) is 0. The third-order valence-corrected chi connectivity index (χ3v) is 5.05. The van der Waals surface area contributed by atoms with E-state index in [4.69, 9.17) is 0 Å². The fraction of sp³-hybridized carbons (Fsp3) is 0.250. The fourth-order valence-electron chi connectivity index (χ4n) is 3.81. The highest BCUT2D eigenvalue weighted by molar-refractivity contribution is 6.11. The van der Waals surface area contributed by atoms with E-state index in [0.717, 1.165) is 28.9 Å². The Morgan fingerprint density at radius 3 is 2.56 bits per heavy atom. The predicted molar refractivity (Wildman–Crippen MR) is 92.1 cm³/mol. The van der Waals surface area contributed by atoms with Crippen LogP contribution in [0, 0.1) is 0 Å². The van der Waals surface area contributed by atoms with Gasteiger partial charge in [0.25, 0.3) is 5.91 Å². The summed E-state index contributed by atoms with van der Waals surface area (Å²) in [6, 6.07) is 15.9. The molecule has 1 aliphatic carbocycles. The molecular formula is C20H18N2O3. The first-order valence-electron chi connectivity index (χ1n) is 8.42. The van der Waals surface area contributed by atoms with Gasteiger partial charge in [0, 0.05) is 5.56 Å². The van der Waals surface area contributed by atoms with Crippen LogP contribution < -0.4 is 5.32 Å². The summed E-state index contributed by atoms with van der Waals surface area (Å²) in [6.07, 6.45) is 2.28. The van der Waals surface area contributed by atoms with E-state index < -0.39 is 11.6 Å². The van der Waals surface area contributed by atoms with Crippen molar-refractivity contribution in [1.29, 1.82) is 0 Å². The van der Waals surface area contributed by atoms with Gasteiger partial charge in [0.15, 0.2) is 5.78 Å². The van der Waals surface area contributed by atoms with Gasteiger partial charge in [-0.1, -0.05) is 54.6 Å². The van der Waals surface area contributed by atoms with Crippen LogP contribution in [0.15, 0.2) is 54.6 Å². The molecule has 1 saturated heterocycles. The van der Waals surface area contributed by atoms with Crippen molar-refractivity contribution < 1.29 is 14.4 Å². The quantitative estimate of drug-likeness (QED) is 0.693. The monoisotopic (exact) mass is 334 g/mol. The Morgan fingerprint density at radius 1 is 1.04 bits per heavy atom. The Balaban J connectivity index is 1.65. The lowest BCUT2D eigenvalue weighted by molar-refractivity contribution is -0.131. The zero-order valence-electron chi connectivity index (χ0n) is 13.7. The largest absolute Gasteiger partial charge is 0.325 e. The molecule has 1 N–H and O–H groups in total. The highest BCUT2D eigenvalue weighted by Crippen LogP contribution is 2.39. The van der Waals surface area contributed by atoms with E-state index in [1.54, 1.807) is 24.3 Å². The maximum absolute atomic E-state index is 13.1. The van der Waals surface area contributed by atoms with E-state index in [2.05, 4.69) is 5.32 Å². The minimum Gasteiger partial charge on any atom is -0.319 e. The van der Waals surface area contributed by atoms with Crippen LogP contribution in [0.1, 0.15) is 34.3 Å². The highest BCUT2D eigenvalue weighted by atomic mass is 16.2. The van der Waals surface area contributed by atoms with Crippen molar-refractivity contribution >= 4 is 17.7 Å². The molecule has 1 spiro atoms. The normalized spacial score (nSPS) is 22.0. The lowest BCUT2D eigenvalue weighted by Crippen LogP contribution is -2.46. The second kappa shape index (κ2) is 5.84. The Bertz CT molecular complexity index is 862. The molecule has 0 radical (unpaired) electrons. The van der Waals surface area contributed by atoms with Crippen molar-refractivity contribution in [2.75, 3.05) is 6.54 Å². The van der Waals surface area contributed by atoms with E-state index >= 15 is 0 Å². The number of hydrogen-bond acceptors (Lipinski definition) is 3. The average Bonchev–Trinajstić information content (AvgIpc) is 2.88. The van der Waals surface area contributed by atoms with Gasteiger partial charge in [-0.05, 0) is 30.4 Å². The Hall–Kier alpha value is -2.95. The second-order valence-electron chi connectivity index (χ2n) is 6.53. The van der Waals surface area contributed by atoms with Gasteiger partial charge in [-0.25, -0.2) is 4.79 Å². The highest BCUT2D eigenvalue weighted by Gasteiger charge is 2.54. The maximum atomic E-state index is 13.1. The molecule has 1 fully saturated rings. The van der Waals surface area contributed by atoms with Crippen LogP contribution in [0.2, 0.25) is 0 Å². The number of amides is 3. The first kappa shape index (κ1) is 15.6. The number of rotatable bonds is 3. The minimum absolute atomic E-state index is 0.238. The molecule has 1 heterocycles. The number of fused-ring (bicyclic) bond motifs is 2. The van der Waals surface area contributed by atoms with Gasteiger partial charge >= 0.3 is 6.03 Å². The number of ketones is 1. The molecule has 2 aromatic rings. The van der Waals surface area contributed by atoms with Crippen molar-refractivity contribution in [2.45, 2.75) is 24.8 Å². The molecule has 2 aromatic carbocycles. The molecule has 3 amide bonds. The van der Waals surface area contributed by atoms with Crippen molar-refractivity contribution in [3.05, 3.63) is 71.3 Å². The standard InChI is InChI=1S/C20H18N2O3/c23-17(15-8-2-1-3-9-15)13-22-18(24)20(21-19(22)25)12-6-10-14-7-4-5-11-16(14)20/h1-5,7-9,11H,6,10,12-13H2,(H,21,25). The van der Waals surface area contributed by atoms with Crippen LogP contribution in [0.3, 0.4) is 0 Å². The molecule has 0 aromatic heterocycles. The lowest BCUT2D eigenvalue weighted by Gasteiger charge is -2.33. The number of aryl methyl sites for hydroxylation is 1. The summed E-state index contributed by atoms with van der Waals surface area (Å²) in [6.45, 7) is -0.238. The third-order valence-electron chi connectivity index (χ3n) is 5.05. The summed E-state index contributed by atoms with van der Waals surface area (Å²) in [5, 5.41) is 2.87. The maximum Gasteiger partial charge on any atom is 0.325 e. The zero-order chi connectivity index (χ0) is 17.4. The number of Topliss-reactive ketones (excluding diaryl/α,β-unsaturated/α-hetero) is 1. The first-order valence-corrected chi connectivity index (χ1v) is 8.42. The lowest BCUT2D eigenvalue weighted by atomic mass is 9.76. The number of nitrogens with one attached hydrogen (secondary N) is 1. The molecule has 5 nitrogen and oxygen atoms in total. The van der Waals surface area contributed by atoms with E-state index in [1.165, 1.54) is 0 Å². The molecule has 0 saturated carbocycles. The minimum atomic E-state index is -1.02. The molecule has 1 atom stereocenters. The van der Waals surface area contributed by atoms with Gasteiger partial charge in [-0.3, -0.25) is 14.5 Å². The van der Waals surface area contributed by atoms with Gasteiger partial charge < -0.3 is 5.32 Å². The summed E-state index contributed by atoms with van der Waals surface area (Å²) >= 11 is 0. The number of nitrogens with zero attached hydrogens (tertiary/aromatic N) is 1. The van der Waals surface area contributed by atoms with Crippen molar-refractivity contribution in [2.24, 2.45) is 0 Å². The molecule has 5 heteroatoms. The molecule has 126 valence electrons. The summed E-state index contributed by atoms with van der Waals surface area (Å²) in [5.41, 5.74) is 1.41. The van der Waals surface area contributed by atoms with Crippen LogP contribution in [0.25, 0.3) is 0 Å². The Morgan fingerprint density at radius 2 is 1.76 bits per heavy atom. The summed E-state index contributed by atoms with van der Waals surface area (Å²) in [4.78, 5) is 39.1. The SMILES string of the molecule is O=C(CN1C(=O)NC2(CCCc3ccccc32)C1=O)c1ccccc1. The number of hydrogen-bond donors (Lipinski definition) is 1. The van der Waals surface area contributed by atoms with Crippen LogP contribution in [-0.2, 0) is 16.8 Å². The van der Waals surface area contributed by atoms with Crippen LogP contribution in [-0.4, -0.2) is 29.2 Å². The van der Waals surface area contributed by atoms with Crippen LogP contribution in [0.5, 0.6) is 0 Å². The van der Waals surface area contributed by atoms with E-state index in [0.29, 0.717) is 12.0 Å². The molecule has 0 bridgehead atoms. The van der Waals surface area contributed by atoms with Crippen LogP contribution >= 0.6 is 0 Å². The third kappa shape index (κ3) is 2.43. The molecule has 1 unspecified atom stereocenters. The zero-order valence-corrected chi connectivity index (χ0v) is 13.7. The smallest absolute Gasteiger partial charge is 0.319 e. The summed E-state index contributed by atoms with van der Waals surface area (Å²) in [5.74, 6) is -0.570. The van der Waals surface area contributed by atoms with E-state index in [1.807, 2.05) is 30.3 Å². The molecule has 4 rings (SSSR count).